The van der Waals surface area contributed by atoms with Crippen molar-refractivity contribution in [1.29, 1.82) is 0 Å². The van der Waals surface area contributed by atoms with E-state index in [1.165, 1.54) is 28.7 Å². The number of nitrogens with zero attached hydrogens (tertiary/aromatic N) is 3. The quantitative estimate of drug-likeness (QED) is 0.655. The Labute approximate surface area is 150 Å². The highest BCUT2D eigenvalue weighted by molar-refractivity contribution is 6.31. The molecule has 1 aromatic carbocycles. The van der Waals surface area contributed by atoms with Crippen LogP contribution in [-0.2, 0) is 6.54 Å². The molecule has 0 spiro atoms. The number of hydrogen-bond donors (Lipinski definition) is 1. The standard InChI is InChI=1S/C17H17ClN4O3/c18-14-1-2-15(16(11-14)22(24)25)17(23)21-9-7-20(8-10-21)12-13-3-5-19-6-4-13/h1-6,11H,7-10,12H2/p+1. The molecule has 2 aromatic rings. The number of rotatable bonds is 4. The molecule has 1 saturated heterocycles. The molecule has 1 aliphatic rings. The van der Waals surface area contributed by atoms with Crippen molar-refractivity contribution >= 4 is 23.2 Å². The smallest absolute Gasteiger partial charge is 0.283 e. The molecule has 1 aromatic heterocycles. The largest absolute Gasteiger partial charge is 0.328 e. The number of carbonyl (C=O) groups is 1. The molecule has 3 rings (SSSR count). The van der Waals surface area contributed by atoms with Gasteiger partial charge in [-0.2, -0.15) is 0 Å². The van der Waals surface area contributed by atoms with Gasteiger partial charge in [-0.15, -0.1) is 0 Å². The second-order valence-corrected chi connectivity index (χ2v) is 6.43. The van der Waals surface area contributed by atoms with Gasteiger partial charge in [0.1, 0.15) is 12.1 Å². The van der Waals surface area contributed by atoms with Crippen LogP contribution in [0, 0.1) is 10.1 Å². The Morgan fingerprint density at radius 2 is 1.92 bits per heavy atom. The Bertz CT molecular complexity index is 777. The van der Waals surface area contributed by atoms with Crippen molar-refractivity contribution in [3.05, 3.63) is 69.0 Å². The number of nitro benzene ring substituents is 1. The fourth-order valence-electron chi connectivity index (χ4n) is 3.00. The summed E-state index contributed by atoms with van der Waals surface area (Å²) in [4.78, 5) is 30.3. The van der Waals surface area contributed by atoms with E-state index in [4.69, 9.17) is 11.6 Å². The molecule has 1 N–H and O–H groups in total. The van der Waals surface area contributed by atoms with Crippen LogP contribution in [0.1, 0.15) is 15.9 Å². The number of aromatic nitrogens is 1. The van der Waals surface area contributed by atoms with Crippen LogP contribution in [0.4, 0.5) is 5.69 Å². The van der Waals surface area contributed by atoms with Gasteiger partial charge in [-0.05, 0) is 24.3 Å². The summed E-state index contributed by atoms with van der Waals surface area (Å²) in [7, 11) is 0. The fraction of sp³-hybridized carbons (Fsp3) is 0.294. The Kier molecular flexibility index (Phi) is 5.25. The predicted molar refractivity (Wildman–Crippen MR) is 92.6 cm³/mol. The maximum Gasteiger partial charge on any atom is 0.283 e. The van der Waals surface area contributed by atoms with E-state index < -0.39 is 4.92 Å². The minimum Gasteiger partial charge on any atom is -0.328 e. The molecule has 0 unspecified atom stereocenters. The second kappa shape index (κ2) is 7.58. The van der Waals surface area contributed by atoms with Gasteiger partial charge in [0.05, 0.1) is 31.1 Å². The average molecular weight is 362 g/mol. The van der Waals surface area contributed by atoms with Crippen LogP contribution in [0.3, 0.4) is 0 Å². The molecular weight excluding hydrogens is 344 g/mol. The maximum atomic E-state index is 12.7. The zero-order valence-electron chi connectivity index (χ0n) is 13.5. The summed E-state index contributed by atoms with van der Waals surface area (Å²) in [6.07, 6.45) is 3.54. The van der Waals surface area contributed by atoms with Crippen molar-refractivity contribution in [3.8, 4) is 0 Å². The van der Waals surface area contributed by atoms with E-state index in [0.29, 0.717) is 13.1 Å². The highest BCUT2D eigenvalue weighted by atomic mass is 35.5. The highest BCUT2D eigenvalue weighted by Gasteiger charge is 2.29. The Hall–Kier alpha value is -2.51. The molecule has 130 valence electrons. The van der Waals surface area contributed by atoms with Crippen LogP contribution in [0.25, 0.3) is 0 Å². The lowest BCUT2D eigenvalue weighted by molar-refractivity contribution is -0.917. The van der Waals surface area contributed by atoms with E-state index in [1.807, 2.05) is 12.1 Å². The maximum absolute atomic E-state index is 12.7. The summed E-state index contributed by atoms with van der Waals surface area (Å²) in [5, 5.41) is 11.4. The number of pyridine rings is 1. The molecule has 7 nitrogen and oxygen atoms in total. The minimum atomic E-state index is -0.565. The third-order valence-electron chi connectivity index (χ3n) is 4.35. The van der Waals surface area contributed by atoms with Crippen LogP contribution in [-0.4, -0.2) is 46.9 Å². The van der Waals surface area contributed by atoms with Gasteiger partial charge in [0.2, 0.25) is 0 Å². The number of carbonyl (C=O) groups excluding carboxylic acids is 1. The van der Waals surface area contributed by atoms with Crippen molar-refractivity contribution in [2.45, 2.75) is 6.54 Å². The number of nitro groups is 1. The van der Waals surface area contributed by atoms with Crippen molar-refractivity contribution in [3.63, 3.8) is 0 Å². The van der Waals surface area contributed by atoms with Gasteiger partial charge in [-0.25, -0.2) is 0 Å². The van der Waals surface area contributed by atoms with E-state index in [0.717, 1.165) is 19.6 Å². The molecule has 1 aliphatic heterocycles. The van der Waals surface area contributed by atoms with Gasteiger partial charge in [0, 0.05) is 29.0 Å². The minimum absolute atomic E-state index is 0.0898. The summed E-state index contributed by atoms with van der Waals surface area (Å²) < 4.78 is 0. The molecule has 0 aliphatic carbocycles. The van der Waals surface area contributed by atoms with Crippen LogP contribution < -0.4 is 4.90 Å². The number of piperazine rings is 1. The monoisotopic (exact) mass is 361 g/mol. The fourth-order valence-corrected chi connectivity index (χ4v) is 3.17. The van der Waals surface area contributed by atoms with Crippen LogP contribution in [0.2, 0.25) is 5.02 Å². The number of amides is 1. The molecule has 25 heavy (non-hydrogen) atoms. The third kappa shape index (κ3) is 4.12. The van der Waals surface area contributed by atoms with Crippen molar-refractivity contribution in [2.24, 2.45) is 0 Å². The van der Waals surface area contributed by atoms with Crippen molar-refractivity contribution in [1.82, 2.24) is 9.88 Å². The van der Waals surface area contributed by atoms with E-state index in [9.17, 15) is 14.9 Å². The molecule has 0 atom stereocenters. The first-order chi connectivity index (χ1) is 12.0. The van der Waals surface area contributed by atoms with Crippen LogP contribution in [0.5, 0.6) is 0 Å². The summed E-state index contributed by atoms with van der Waals surface area (Å²) in [5.41, 5.74) is 1.05. The molecule has 8 heteroatoms. The number of benzene rings is 1. The number of hydrogen-bond acceptors (Lipinski definition) is 4. The van der Waals surface area contributed by atoms with E-state index in [1.54, 1.807) is 17.3 Å². The lowest BCUT2D eigenvalue weighted by atomic mass is 10.1. The lowest BCUT2D eigenvalue weighted by Crippen LogP contribution is -3.13. The Balaban J connectivity index is 1.65. The topological polar surface area (TPSA) is 80.8 Å². The third-order valence-corrected chi connectivity index (χ3v) is 4.58. The van der Waals surface area contributed by atoms with Gasteiger partial charge < -0.3 is 9.80 Å². The van der Waals surface area contributed by atoms with E-state index in [-0.39, 0.29) is 22.2 Å². The Morgan fingerprint density at radius 3 is 2.56 bits per heavy atom. The molecule has 1 fully saturated rings. The van der Waals surface area contributed by atoms with Crippen LogP contribution >= 0.6 is 11.6 Å². The lowest BCUT2D eigenvalue weighted by Gasteiger charge is -2.32. The van der Waals surface area contributed by atoms with E-state index in [2.05, 4.69) is 4.98 Å². The number of nitrogens with one attached hydrogen (secondary N) is 1. The molecule has 0 saturated carbocycles. The summed E-state index contributed by atoms with van der Waals surface area (Å²) in [6, 6.07) is 8.13. The number of halogens is 1. The van der Waals surface area contributed by atoms with Gasteiger partial charge in [0.25, 0.3) is 11.6 Å². The first-order valence-corrected chi connectivity index (χ1v) is 8.38. The SMILES string of the molecule is O=C(c1ccc(Cl)cc1[N+](=O)[O-])N1CC[NH+](Cc2ccncc2)CC1. The van der Waals surface area contributed by atoms with E-state index >= 15 is 0 Å². The molecule has 0 radical (unpaired) electrons. The first-order valence-electron chi connectivity index (χ1n) is 8.00. The normalized spacial score (nSPS) is 15.2. The summed E-state index contributed by atoms with van der Waals surface area (Å²) >= 11 is 5.81. The van der Waals surface area contributed by atoms with Crippen molar-refractivity contribution < 1.29 is 14.6 Å². The average Bonchev–Trinajstić information content (AvgIpc) is 2.62. The molecular formula is C17H18ClN4O3+. The second-order valence-electron chi connectivity index (χ2n) is 5.99. The van der Waals surface area contributed by atoms with Gasteiger partial charge in [-0.1, -0.05) is 11.6 Å². The van der Waals surface area contributed by atoms with Gasteiger partial charge in [-0.3, -0.25) is 19.9 Å². The first kappa shape index (κ1) is 17.3. The van der Waals surface area contributed by atoms with Crippen molar-refractivity contribution in [2.75, 3.05) is 26.2 Å². The number of quaternary nitrogens is 1. The zero-order chi connectivity index (χ0) is 17.8. The summed E-state index contributed by atoms with van der Waals surface area (Å²) in [6.45, 7) is 3.62. The highest BCUT2D eigenvalue weighted by Crippen LogP contribution is 2.24. The predicted octanol–water partition coefficient (Wildman–Crippen LogP) is 1.18. The van der Waals surface area contributed by atoms with Gasteiger partial charge in [0.15, 0.2) is 0 Å². The molecule has 2 heterocycles. The molecule has 1 amide bonds. The van der Waals surface area contributed by atoms with Crippen LogP contribution in [0.15, 0.2) is 42.7 Å². The summed E-state index contributed by atoms with van der Waals surface area (Å²) in [5.74, 6) is -0.314. The molecule has 0 bridgehead atoms. The van der Waals surface area contributed by atoms with Gasteiger partial charge >= 0.3 is 0 Å². The zero-order valence-corrected chi connectivity index (χ0v) is 14.3. The Morgan fingerprint density at radius 1 is 1.24 bits per heavy atom.